The van der Waals surface area contributed by atoms with E-state index in [0.29, 0.717) is 5.82 Å². The SMILES string of the molecule is O=C(CC(F)(F)F)N1CCOCC1c1nc(-c2cccs2)no1. The van der Waals surface area contributed by atoms with E-state index in [-0.39, 0.29) is 25.6 Å². The minimum absolute atomic E-state index is 0.0235. The second kappa shape index (κ2) is 6.28. The molecule has 2 aromatic rings. The van der Waals surface area contributed by atoms with Crippen molar-refractivity contribution in [2.24, 2.45) is 0 Å². The second-order valence-electron chi connectivity index (χ2n) is 4.90. The van der Waals surface area contributed by atoms with E-state index in [9.17, 15) is 18.0 Å². The molecule has 1 aliphatic rings. The quantitative estimate of drug-likeness (QED) is 0.854. The third kappa shape index (κ3) is 3.70. The fraction of sp³-hybridized carbons (Fsp3) is 0.462. The van der Waals surface area contributed by atoms with E-state index in [2.05, 4.69) is 10.1 Å². The summed E-state index contributed by atoms with van der Waals surface area (Å²) in [5.74, 6) is -0.617. The highest BCUT2D eigenvalue weighted by atomic mass is 32.1. The van der Waals surface area contributed by atoms with E-state index in [1.165, 1.54) is 11.3 Å². The Morgan fingerprint density at radius 1 is 1.48 bits per heavy atom. The molecule has 1 saturated heterocycles. The molecular formula is C13H12F3N3O3S. The van der Waals surface area contributed by atoms with Crippen LogP contribution in [0.3, 0.4) is 0 Å². The van der Waals surface area contributed by atoms with Gasteiger partial charge in [0.15, 0.2) is 0 Å². The predicted octanol–water partition coefficient (Wildman–Crippen LogP) is 2.65. The van der Waals surface area contributed by atoms with Crippen LogP contribution in [-0.4, -0.2) is 46.9 Å². The van der Waals surface area contributed by atoms with Gasteiger partial charge in [0.25, 0.3) is 5.89 Å². The lowest BCUT2D eigenvalue weighted by atomic mass is 10.2. The Labute approximate surface area is 132 Å². The standard InChI is InChI=1S/C13H12F3N3O3S/c14-13(15,16)6-10(20)19-3-4-21-7-8(19)12-17-11(18-22-12)9-2-1-5-23-9/h1-2,5,8H,3-4,6-7H2. The third-order valence-electron chi connectivity index (χ3n) is 3.27. The van der Waals surface area contributed by atoms with Crippen molar-refractivity contribution in [1.82, 2.24) is 15.0 Å². The van der Waals surface area contributed by atoms with Crippen LogP contribution >= 0.6 is 11.3 Å². The van der Waals surface area contributed by atoms with Crippen LogP contribution in [0.4, 0.5) is 13.2 Å². The molecule has 0 spiro atoms. The van der Waals surface area contributed by atoms with Gasteiger partial charge in [0, 0.05) is 6.54 Å². The summed E-state index contributed by atoms with van der Waals surface area (Å²) in [5.41, 5.74) is 0. The number of ether oxygens (including phenoxy) is 1. The van der Waals surface area contributed by atoms with Gasteiger partial charge in [-0.3, -0.25) is 4.79 Å². The van der Waals surface area contributed by atoms with Gasteiger partial charge in [-0.05, 0) is 11.4 Å². The minimum atomic E-state index is -4.56. The normalized spacial score (nSPS) is 19.1. The van der Waals surface area contributed by atoms with Gasteiger partial charge in [-0.25, -0.2) is 0 Å². The molecule has 0 radical (unpaired) electrons. The summed E-state index contributed by atoms with van der Waals surface area (Å²) in [6.45, 7) is 0.248. The van der Waals surface area contributed by atoms with Crippen molar-refractivity contribution in [2.75, 3.05) is 19.8 Å². The van der Waals surface area contributed by atoms with Crippen LogP contribution in [0.1, 0.15) is 18.4 Å². The Balaban J connectivity index is 1.80. The molecule has 23 heavy (non-hydrogen) atoms. The van der Waals surface area contributed by atoms with Crippen molar-refractivity contribution in [3.8, 4) is 10.7 Å². The lowest BCUT2D eigenvalue weighted by Gasteiger charge is -2.33. The topological polar surface area (TPSA) is 68.5 Å². The summed E-state index contributed by atoms with van der Waals surface area (Å²) in [4.78, 5) is 17.9. The van der Waals surface area contributed by atoms with Crippen LogP contribution < -0.4 is 0 Å². The number of halogens is 3. The smallest absolute Gasteiger partial charge is 0.377 e. The van der Waals surface area contributed by atoms with E-state index in [1.54, 1.807) is 6.07 Å². The Hall–Kier alpha value is -1.94. The number of hydrogen-bond acceptors (Lipinski definition) is 6. The first-order valence-electron chi connectivity index (χ1n) is 6.75. The highest BCUT2D eigenvalue weighted by Crippen LogP contribution is 2.29. The number of thiophene rings is 1. The maximum atomic E-state index is 12.5. The number of morpholine rings is 1. The minimum Gasteiger partial charge on any atom is -0.377 e. The number of alkyl halides is 3. The molecule has 3 heterocycles. The molecule has 3 rings (SSSR count). The maximum absolute atomic E-state index is 12.5. The number of amides is 1. The molecule has 0 N–H and O–H groups in total. The Bertz CT molecular complexity index is 672. The zero-order chi connectivity index (χ0) is 16.4. The molecule has 1 aliphatic heterocycles. The van der Waals surface area contributed by atoms with Crippen LogP contribution in [0, 0.1) is 0 Å². The summed E-state index contributed by atoms with van der Waals surface area (Å²) in [6.07, 6.45) is -6.08. The van der Waals surface area contributed by atoms with Crippen molar-refractivity contribution in [1.29, 1.82) is 0 Å². The number of aromatic nitrogens is 2. The number of hydrogen-bond donors (Lipinski definition) is 0. The molecule has 0 saturated carbocycles. The van der Waals surface area contributed by atoms with Crippen LogP contribution in [-0.2, 0) is 9.53 Å². The Kier molecular flexibility index (Phi) is 4.35. The second-order valence-corrected chi connectivity index (χ2v) is 5.85. The summed E-state index contributed by atoms with van der Waals surface area (Å²) < 4.78 is 47.7. The number of carbonyl (C=O) groups excluding carboxylic acids is 1. The lowest BCUT2D eigenvalue weighted by Crippen LogP contribution is -2.44. The average Bonchev–Trinajstić information content (AvgIpc) is 3.16. The molecule has 124 valence electrons. The molecule has 10 heteroatoms. The summed E-state index contributed by atoms with van der Waals surface area (Å²) in [5, 5.41) is 5.65. The van der Waals surface area contributed by atoms with Gasteiger partial charge in [-0.15, -0.1) is 11.3 Å². The van der Waals surface area contributed by atoms with Gasteiger partial charge in [-0.1, -0.05) is 11.2 Å². The zero-order valence-electron chi connectivity index (χ0n) is 11.7. The third-order valence-corrected chi connectivity index (χ3v) is 4.13. The van der Waals surface area contributed by atoms with Gasteiger partial charge in [0.1, 0.15) is 12.5 Å². The first kappa shape index (κ1) is 15.9. The number of rotatable bonds is 3. The summed E-state index contributed by atoms with van der Waals surface area (Å²) in [6, 6.07) is 2.81. The van der Waals surface area contributed by atoms with Crippen LogP contribution in [0.25, 0.3) is 10.7 Å². The summed E-state index contributed by atoms with van der Waals surface area (Å²) >= 11 is 1.41. The average molecular weight is 347 g/mol. The fourth-order valence-electron chi connectivity index (χ4n) is 2.26. The van der Waals surface area contributed by atoms with Gasteiger partial charge in [0.05, 0.1) is 18.1 Å². The zero-order valence-corrected chi connectivity index (χ0v) is 12.6. The van der Waals surface area contributed by atoms with Gasteiger partial charge in [-0.2, -0.15) is 18.2 Å². The first-order chi connectivity index (χ1) is 10.9. The highest BCUT2D eigenvalue weighted by Gasteiger charge is 2.39. The fourth-order valence-corrected chi connectivity index (χ4v) is 2.91. The van der Waals surface area contributed by atoms with E-state index in [4.69, 9.17) is 9.26 Å². The van der Waals surface area contributed by atoms with E-state index >= 15 is 0 Å². The molecule has 6 nitrogen and oxygen atoms in total. The molecule has 0 aliphatic carbocycles. The monoisotopic (exact) mass is 347 g/mol. The Morgan fingerprint density at radius 3 is 3.00 bits per heavy atom. The van der Waals surface area contributed by atoms with Crippen molar-refractivity contribution in [2.45, 2.75) is 18.6 Å². The first-order valence-corrected chi connectivity index (χ1v) is 7.63. The molecule has 1 atom stereocenters. The van der Waals surface area contributed by atoms with Crippen LogP contribution in [0.2, 0.25) is 0 Å². The van der Waals surface area contributed by atoms with Crippen LogP contribution in [0.5, 0.6) is 0 Å². The Morgan fingerprint density at radius 2 is 2.30 bits per heavy atom. The maximum Gasteiger partial charge on any atom is 0.397 e. The van der Waals surface area contributed by atoms with Gasteiger partial charge in [0.2, 0.25) is 11.7 Å². The molecule has 0 aromatic carbocycles. The van der Waals surface area contributed by atoms with Crippen molar-refractivity contribution in [3.05, 3.63) is 23.4 Å². The largest absolute Gasteiger partial charge is 0.397 e. The summed E-state index contributed by atoms with van der Waals surface area (Å²) in [7, 11) is 0. The molecule has 2 aromatic heterocycles. The van der Waals surface area contributed by atoms with Crippen molar-refractivity contribution < 1.29 is 27.2 Å². The van der Waals surface area contributed by atoms with Crippen molar-refractivity contribution >= 4 is 17.2 Å². The predicted molar refractivity (Wildman–Crippen MR) is 73.6 cm³/mol. The molecular weight excluding hydrogens is 335 g/mol. The highest BCUT2D eigenvalue weighted by molar-refractivity contribution is 7.13. The number of nitrogens with zero attached hydrogens (tertiary/aromatic N) is 3. The van der Waals surface area contributed by atoms with Crippen LogP contribution in [0.15, 0.2) is 22.0 Å². The molecule has 1 unspecified atom stereocenters. The van der Waals surface area contributed by atoms with Crippen molar-refractivity contribution in [3.63, 3.8) is 0 Å². The van der Waals surface area contributed by atoms with E-state index in [0.717, 1.165) is 9.78 Å². The lowest BCUT2D eigenvalue weighted by molar-refractivity contribution is -0.168. The van der Waals surface area contributed by atoms with Gasteiger partial charge >= 0.3 is 6.18 Å². The number of carbonyl (C=O) groups is 1. The molecule has 0 bridgehead atoms. The van der Waals surface area contributed by atoms with Gasteiger partial charge < -0.3 is 14.2 Å². The van der Waals surface area contributed by atoms with E-state index < -0.39 is 24.5 Å². The molecule has 1 amide bonds. The molecule has 1 fully saturated rings. The van der Waals surface area contributed by atoms with E-state index in [1.807, 2.05) is 11.4 Å².